The maximum atomic E-state index is 6.38. The van der Waals surface area contributed by atoms with Crippen LogP contribution < -0.4 is 5.32 Å². The van der Waals surface area contributed by atoms with Crippen LogP contribution in [0.4, 0.5) is 0 Å². The van der Waals surface area contributed by atoms with Crippen molar-refractivity contribution < 1.29 is 0 Å². The van der Waals surface area contributed by atoms with E-state index in [2.05, 4.69) is 48.5 Å². The first-order valence-electron chi connectivity index (χ1n) is 7.19. The predicted molar refractivity (Wildman–Crippen MR) is 84.3 cm³/mol. The highest BCUT2D eigenvalue weighted by molar-refractivity contribution is 6.31. The SMILES string of the molecule is CCCn1ncc(Cl)c1C(NC)c1ccccc1CC. The molecule has 108 valence electrons. The topological polar surface area (TPSA) is 29.9 Å². The highest BCUT2D eigenvalue weighted by Gasteiger charge is 2.22. The summed E-state index contributed by atoms with van der Waals surface area (Å²) in [6.45, 7) is 5.21. The monoisotopic (exact) mass is 291 g/mol. The van der Waals surface area contributed by atoms with Crippen molar-refractivity contribution in [3.8, 4) is 0 Å². The molecule has 0 spiro atoms. The zero-order chi connectivity index (χ0) is 14.5. The molecule has 1 atom stereocenters. The molecule has 0 radical (unpaired) electrons. The quantitative estimate of drug-likeness (QED) is 0.877. The van der Waals surface area contributed by atoms with Gasteiger partial charge < -0.3 is 5.32 Å². The van der Waals surface area contributed by atoms with Crippen LogP contribution in [-0.2, 0) is 13.0 Å². The third-order valence-corrected chi connectivity index (χ3v) is 3.87. The van der Waals surface area contributed by atoms with Crippen molar-refractivity contribution in [1.82, 2.24) is 15.1 Å². The number of nitrogens with zero attached hydrogens (tertiary/aromatic N) is 2. The van der Waals surface area contributed by atoms with Gasteiger partial charge in [-0.1, -0.05) is 49.7 Å². The number of aryl methyl sites for hydroxylation is 2. The van der Waals surface area contributed by atoms with Crippen molar-refractivity contribution in [1.29, 1.82) is 0 Å². The lowest BCUT2D eigenvalue weighted by molar-refractivity contribution is 0.533. The van der Waals surface area contributed by atoms with E-state index < -0.39 is 0 Å². The Kier molecular flexibility index (Phi) is 5.21. The number of nitrogens with one attached hydrogen (secondary N) is 1. The Bertz CT molecular complexity index is 563. The van der Waals surface area contributed by atoms with Gasteiger partial charge in [0.25, 0.3) is 0 Å². The summed E-state index contributed by atoms with van der Waals surface area (Å²) in [7, 11) is 1.97. The van der Waals surface area contributed by atoms with E-state index in [0.717, 1.165) is 30.1 Å². The standard InChI is InChI=1S/C16H22ClN3/c1-4-10-20-16(14(17)11-19-20)15(18-3)13-9-7-6-8-12(13)5-2/h6-9,11,15,18H,4-5,10H2,1-3H3. The molecule has 1 aromatic carbocycles. The van der Waals surface area contributed by atoms with Gasteiger partial charge in [0.2, 0.25) is 0 Å². The van der Waals surface area contributed by atoms with Crippen molar-refractivity contribution in [2.75, 3.05) is 7.05 Å². The third-order valence-electron chi connectivity index (χ3n) is 3.58. The van der Waals surface area contributed by atoms with E-state index in [4.69, 9.17) is 11.6 Å². The second-order valence-electron chi connectivity index (χ2n) is 4.87. The molecule has 2 aromatic rings. The summed E-state index contributed by atoms with van der Waals surface area (Å²) in [5.74, 6) is 0. The molecule has 1 N–H and O–H groups in total. The number of rotatable bonds is 6. The van der Waals surface area contributed by atoms with Crippen molar-refractivity contribution in [3.63, 3.8) is 0 Å². The van der Waals surface area contributed by atoms with Crippen LogP contribution in [0, 0.1) is 0 Å². The van der Waals surface area contributed by atoms with Gasteiger partial charge in [-0.3, -0.25) is 4.68 Å². The number of benzene rings is 1. The van der Waals surface area contributed by atoms with E-state index in [0.29, 0.717) is 0 Å². The number of hydrogen-bond donors (Lipinski definition) is 1. The molecule has 1 aromatic heterocycles. The third kappa shape index (κ3) is 2.89. The molecule has 0 bridgehead atoms. The lowest BCUT2D eigenvalue weighted by Gasteiger charge is -2.21. The maximum absolute atomic E-state index is 6.38. The summed E-state index contributed by atoms with van der Waals surface area (Å²) >= 11 is 6.38. The van der Waals surface area contributed by atoms with Gasteiger partial charge >= 0.3 is 0 Å². The summed E-state index contributed by atoms with van der Waals surface area (Å²) in [5, 5.41) is 8.52. The van der Waals surface area contributed by atoms with Gasteiger partial charge in [0.15, 0.2) is 0 Å². The highest BCUT2D eigenvalue weighted by atomic mass is 35.5. The molecule has 20 heavy (non-hydrogen) atoms. The second kappa shape index (κ2) is 6.91. The van der Waals surface area contributed by atoms with Crippen molar-refractivity contribution >= 4 is 11.6 Å². The molecule has 3 nitrogen and oxygen atoms in total. The van der Waals surface area contributed by atoms with Crippen molar-refractivity contribution in [2.45, 2.75) is 39.3 Å². The Morgan fingerprint density at radius 3 is 2.70 bits per heavy atom. The Balaban J connectivity index is 2.49. The van der Waals surface area contributed by atoms with Gasteiger partial charge in [-0.05, 0) is 31.0 Å². The average molecular weight is 292 g/mol. The predicted octanol–water partition coefficient (Wildman–Crippen LogP) is 3.82. The minimum Gasteiger partial charge on any atom is -0.308 e. The molecule has 0 aliphatic rings. The zero-order valence-corrected chi connectivity index (χ0v) is 13.1. The van der Waals surface area contributed by atoms with Crippen LogP contribution in [0.5, 0.6) is 0 Å². The summed E-state index contributed by atoms with van der Waals surface area (Å²) < 4.78 is 2.01. The summed E-state index contributed by atoms with van der Waals surface area (Å²) in [5.41, 5.74) is 3.67. The van der Waals surface area contributed by atoms with E-state index in [9.17, 15) is 0 Å². The minimum absolute atomic E-state index is 0.0766. The first kappa shape index (κ1) is 15.1. The van der Waals surface area contributed by atoms with Gasteiger partial charge in [0.05, 0.1) is 23.0 Å². The van der Waals surface area contributed by atoms with Crippen molar-refractivity contribution in [3.05, 3.63) is 52.3 Å². The first-order chi connectivity index (χ1) is 9.72. The minimum atomic E-state index is 0.0766. The molecule has 0 saturated carbocycles. The largest absolute Gasteiger partial charge is 0.308 e. The Morgan fingerprint density at radius 2 is 2.05 bits per heavy atom. The fraction of sp³-hybridized carbons (Fsp3) is 0.438. The van der Waals surface area contributed by atoms with E-state index in [1.807, 2.05) is 11.7 Å². The Morgan fingerprint density at radius 1 is 1.30 bits per heavy atom. The maximum Gasteiger partial charge on any atom is 0.0837 e. The Labute approximate surface area is 126 Å². The molecule has 2 rings (SSSR count). The van der Waals surface area contributed by atoms with E-state index in [-0.39, 0.29) is 6.04 Å². The second-order valence-corrected chi connectivity index (χ2v) is 5.28. The number of hydrogen-bond acceptors (Lipinski definition) is 2. The van der Waals surface area contributed by atoms with Gasteiger partial charge in [0.1, 0.15) is 0 Å². The van der Waals surface area contributed by atoms with Crippen LogP contribution in [0.1, 0.15) is 43.1 Å². The molecule has 0 aliphatic heterocycles. The van der Waals surface area contributed by atoms with Gasteiger partial charge in [-0.2, -0.15) is 5.10 Å². The van der Waals surface area contributed by atoms with E-state index in [1.165, 1.54) is 11.1 Å². The zero-order valence-electron chi connectivity index (χ0n) is 12.4. The molecule has 0 aliphatic carbocycles. The molecular formula is C16H22ClN3. The van der Waals surface area contributed by atoms with Crippen LogP contribution in [0.15, 0.2) is 30.5 Å². The molecule has 0 saturated heterocycles. The number of aromatic nitrogens is 2. The van der Waals surface area contributed by atoms with Gasteiger partial charge in [0, 0.05) is 6.54 Å². The van der Waals surface area contributed by atoms with E-state index in [1.54, 1.807) is 6.20 Å². The van der Waals surface area contributed by atoms with Crippen molar-refractivity contribution in [2.24, 2.45) is 0 Å². The molecule has 4 heteroatoms. The van der Waals surface area contributed by atoms with Crippen LogP contribution in [0.3, 0.4) is 0 Å². The van der Waals surface area contributed by atoms with E-state index >= 15 is 0 Å². The molecule has 0 amide bonds. The Hall–Kier alpha value is -1.32. The van der Waals surface area contributed by atoms with Gasteiger partial charge in [-0.15, -0.1) is 0 Å². The van der Waals surface area contributed by atoms with Crippen LogP contribution >= 0.6 is 11.6 Å². The summed E-state index contributed by atoms with van der Waals surface area (Å²) in [6.07, 6.45) is 3.79. The lowest BCUT2D eigenvalue weighted by Crippen LogP contribution is -2.23. The van der Waals surface area contributed by atoms with Gasteiger partial charge in [-0.25, -0.2) is 0 Å². The average Bonchev–Trinajstić information content (AvgIpc) is 2.83. The van der Waals surface area contributed by atoms with Crippen LogP contribution in [0.25, 0.3) is 0 Å². The smallest absolute Gasteiger partial charge is 0.0837 e. The summed E-state index contributed by atoms with van der Waals surface area (Å²) in [6, 6.07) is 8.58. The van der Waals surface area contributed by atoms with Crippen LogP contribution in [-0.4, -0.2) is 16.8 Å². The molecule has 1 heterocycles. The summed E-state index contributed by atoms with van der Waals surface area (Å²) in [4.78, 5) is 0. The highest BCUT2D eigenvalue weighted by Crippen LogP contribution is 2.30. The fourth-order valence-corrected chi connectivity index (χ4v) is 2.88. The normalized spacial score (nSPS) is 12.6. The molecule has 1 unspecified atom stereocenters. The lowest BCUT2D eigenvalue weighted by atomic mass is 9.96. The number of halogens is 1. The first-order valence-corrected chi connectivity index (χ1v) is 7.56. The fourth-order valence-electron chi connectivity index (χ4n) is 2.63. The van der Waals surface area contributed by atoms with Crippen LogP contribution in [0.2, 0.25) is 5.02 Å². The molecular weight excluding hydrogens is 270 g/mol. The molecule has 0 fully saturated rings.